The molecule has 0 aliphatic carbocycles. The van der Waals surface area contributed by atoms with Gasteiger partial charge in [0, 0.05) is 12.4 Å². The van der Waals surface area contributed by atoms with Gasteiger partial charge in [-0.05, 0) is 30.0 Å². The largest absolute Gasteiger partial charge is 0.382 e. The van der Waals surface area contributed by atoms with Crippen LogP contribution in [0.3, 0.4) is 0 Å². The van der Waals surface area contributed by atoms with Crippen LogP contribution in [0.4, 0.5) is 5.82 Å². The Labute approximate surface area is 96.1 Å². The molecule has 6 heteroatoms. The monoisotopic (exact) mass is 269 g/mol. The summed E-state index contributed by atoms with van der Waals surface area (Å²) in [4.78, 5) is 10.5. The van der Waals surface area contributed by atoms with Gasteiger partial charge in [-0.3, -0.25) is 4.40 Å². The first-order valence-corrected chi connectivity index (χ1v) is 5.30. The molecule has 0 aliphatic heterocycles. The molecule has 0 saturated carbocycles. The van der Waals surface area contributed by atoms with Crippen molar-refractivity contribution >= 4 is 27.3 Å². The van der Waals surface area contributed by atoms with Crippen LogP contribution in [0.25, 0.3) is 5.52 Å². The number of nitrogens with zero attached hydrogens (tertiary/aromatic N) is 4. The summed E-state index contributed by atoms with van der Waals surface area (Å²) in [5.41, 5.74) is 6.61. The van der Waals surface area contributed by atoms with Gasteiger partial charge in [0.05, 0.1) is 6.54 Å². The third-order valence-corrected chi connectivity index (χ3v) is 2.62. The molecule has 0 saturated heterocycles. The lowest BCUT2D eigenvalue weighted by Crippen LogP contribution is -2.13. The number of hydrogen-bond acceptors (Lipinski definition) is 4. The Kier molecular flexibility index (Phi) is 2.62. The zero-order valence-corrected chi connectivity index (χ0v) is 10.2. The molecule has 2 aromatic heterocycles. The highest BCUT2D eigenvalue weighted by Gasteiger charge is 2.12. The first kappa shape index (κ1) is 10.4. The fourth-order valence-electron chi connectivity index (χ4n) is 1.47. The molecular formula is C9H12BrN5. The molecule has 0 spiro atoms. The van der Waals surface area contributed by atoms with Gasteiger partial charge in [-0.1, -0.05) is 0 Å². The lowest BCUT2D eigenvalue weighted by atomic mass is 10.5. The maximum Gasteiger partial charge on any atom is 0.150 e. The van der Waals surface area contributed by atoms with E-state index in [0.29, 0.717) is 5.82 Å². The van der Waals surface area contributed by atoms with Crippen LogP contribution in [-0.2, 0) is 6.54 Å². The van der Waals surface area contributed by atoms with Crippen LogP contribution >= 0.6 is 15.9 Å². The second-order valence-corrected chi connectivity index (χ2v) is 4.34. The molecule has 2 N–H and O–H groups in total. The third kappa shape index (κ3) is 1.82. The minimum Gasteiger partial charge on any atom is -0.382 e. The number of anilines is 1. The van der Waals surface area contributed by atoms with E-state index in [2.05, 4.69) is 30.8 Å². The molecule has 0 bridgehead atoms. The molecule has 15 heavy (non-hydrogen) atoms. The second kappa shape index (κ2) is 3.79. The number of fused-ring (bicyclic) bond motifs is 1. The molecule has 0 aromatic carbocycles. The van der Waals surface area contributed by atoms with E-state index in [4.69, 9.17) is 5.73 Å². The van der Waals surface area contributed by atoms with Crippen molar-refractivity contribution < 1.29 is 0 Å². The van der Waals surface area contributed by atoms with Gasteiger partial charge in [0.15, 0.2) is 5.82 Å². The van der Waals surface area contributed by atoms with Crippen molar-refractivity contribution in [3.8, 4) is 0 Å². The third-order valence-electron chi connectivity index (χ3n) is 2.07. The zero-order chi connectivity index (χ0) is 11.0. The predicted molar refractivity (Wildman–Crippen MR) is 62.5 cm³/mol. The van der Waals surface area contributed by atoms with E-state index < -0.39 is 0 Å². The van der Waals surface area contributed by atoms with Gasteiger partial charge in [0.25, 0.3) is 0 Å². The molecule has 80 valence electrons. The van der Waals surface area contributed by atoms with Crippen molar-refractivity contribution in [2.75, 3.05) is 19.8 Å². The number of hydrogen-bond donors (Lipinski definition) is 1. The Hall–Kier alpha value is -1.14. The number of aromatic nitrogens is 3. The van der Waals surface area contributed by atoms with Crippen molar-refractivity contribution in [2.24, 2.45) is 0 Å². The normalized spacial score (nSPS) is 11.5. The van der Waals surface area contributed by atoms with Gasteiger partial charge in [-0.25, -0.2) is 9.97 Å². The summed E-state index contributed by atoms with van der Waals surface area (Å²) in [5.74, 6) is 1.43. The summed E-state index contributed by atoms with van der Waals surface area (Å²) >= 11 is 3.39. The summed E-state index contributed by atoms with van der Waals surface area (Å²) in [6.45, 7) is 0.760. The highest BCUT2D eigenvalue weighted by molar-refractivity contribution is 9.10. The van der Waals surface area contributed by atoms with Crippen LogP contribution in [0.2, 0.25) is 0 Å². The highest BCUT2D eigenvalue weighted by Crippen LogP contribution is 2.22. The first-order valence-electron chi connectivity index (χ1n) is 4.51. The summed E-state index contributed by atoms with van der Waals surface area (Å²) in [6.07, 6.45) is 3.54. The smallest absolute Gasteiger partial charge is 0.150 e. The van der Waals surface area contributed by atoms with E-state index in [1.54, 1.807) is 6.20 Å². The fourth-order valence-corrected chi connectivity index (χ4v) is 2.07. The Balaban J connectivity index is 2.63. The fraction of sp³-hybridized carbons (Fsp3) is 0.333. The standard InChI is InChI=1S/C9H12BrN5/c1-14(2)5-6-13-8(10)7-9(11)12-3-4-15(6)7/h3-4H,5H2,1-2H3,(H2,11,12). The van der Waals surface area contributed by atoms with Gasteiger partial charge in [0.2, 0.25) is 0 Å². The molecule has 2 rings (SSSR count). The van der Waals surface area contributed by atoms with Crippen molar-refractivity contribution in [1.82, 2.24) is 19.3 Å². The lowest BCUT2D eigenvalue weighted by Gasteiger charge is -2.08. The molecule has 0 atom stereocenters. The van der Waals surface area contributed by atoms with E-state index in [1.165, 1.54) is 0 Å². The van der Waals surface area contributed by atoms with Gasteiger partial charge in [0.1, 0.15) is 15.9 Å². The van der Waals surface area contributed by atoms with Crippen molar-refractivity contribution in [1.29, 1.82) is 0 Å². The van der Waals surface area contributed by atoms with Crippen LogP contribution in [0.1, 0.15) is 5.82 Å². The predicted octanol–water partition coefficient (Wildman–Crippen LogP) is 1.14. The van der Waals surface area contributed by atoms with Gasteiger partial charge < -0.3 is 10.6 Å². The summed E-state index contributed by atoms with van der Waals surface area (Å²) in [6, 6.07) is 0. The molecule has 5 nitrogen and oxygen atoms in total. The van der Waals surface area contributed by atoms with Crippen LogP contribution < -0.4 is 5.73 Å². The molecule has 0 fully saturated rings. The maximum atomic E-state index is 5.79. The topological polar surface area (TPSA) is 59.5 Å². The number of rotatable bonds is 2. The number of nitrogen functional groups attached to an aromatic ring is 1. The molecular weight excluding hydrogens is 258 g/mol. The van der Waals surface area contributed by atoms with Gasteiger partial charge in [-0.15, -0.1) is 0 Å². The minimum atomic E-state index is 0.488. The number of imidazole rings is 1. The number of halogens is 1. The quantitative estimate of drug-likeness (QED) is 0.888. The Morgan fingerprint density at radius 3 is 2.93 bits per heavy atom. The Morgan fingerprint density at radius 1 is 1.53 bits per heavy atom. The van der Waals surface area contributed by atoms with Gasteiger partial charge >= 0.3 is 0 Å². The van der Waals surface area contributed by atoms with E-state index in [1.807, 2.05) is 24.7 Å². The molecule has 0 unspecified atom stereocenters. The van der Waals surface area contributed by atoms with Crippen LogP contribution in [0.15, 0.2) is 17.0 Å². The second-order valence-electron chi connectivity index (χ2n) is 3.59. The average Bonchev–Trinajstić information content (AvgIpc) is 2.44. The Bertz CT molecular complexity index is 490. The molecule has 0 radical (unpaired) electrons. The van der Waals surface area contributed by atoms with Gasteiger partial charge in [-0.2, -0.15) is 0 Å². The van der Waals surface area contributed by atoms with Crippen LogP contribution in [-0.4, -0.2) is 33.4 Å². The van der Waals surface area contributed by atoms with E-state index in [0.717, 1.165) is 22.5 Å². The molecule has 2 heterocycles. The van der Waals surface area contributed by atoms with Crippen LogP contribution in [0.5, 0.6) is 0 Å². The number of nitrogens with two attached hydrogens (primary N) is 1. The molecule has 0 aliphatic rings. The van der Waals surface area contributed by atoms with E-state index in [-0.39, 0.29) is 0 Å². The molecule has 2 aromatic rings. The average molecular weight is 270 g/mol. The zero-order valence-electron chi connectivity index (χ0n) is 8.61. The maximum absolute atomic E-state index is 5.79. The van der Waals surface area contributed by atoms with Crippen molar-refractivity contribution in [2.45, 2.75) is 6.54 Å². The highest BCUT2D eigenvalue weighted by atomic mass is 79.9. The summed E-state index contributed by atoms with van der Waals surface area (Å²) in [7, 11) is 4.00. The minimum absolute atomic E-state index is 0.488. The first-order chi connectivity index (χ1) is 7.09. The summed E-state index contributed by atoms with van der Waals surface area (Å²) < 4.78 is 2.69. The lowest BCUT2D eigenvalue weighted by molar-refractivity contribution is 0.389. The van der Waals surface area contributed by atoms with Crippen LogP contribution in [0, 0.1) is 0 Å². The van der Waals surface area contributed by atoms with E-state index >= 15 is 0 Å². The van der Waals surface area contributed by atoms with Crippen molar-refractivity contribution in [3.05, 3.63) is 22.8 Å². The van der Waals surface area contributed by atoms with Crippen molar-refractivity contribution in [3.63, 3.8) is 0 Å². The SMILES string of the molecule is CN(C)Cc1nc(Br)c2c(N)nccn12. The van der Waals surface area contributed by atoms with E-state index in [9.17, 15) is 0 Å². The Morgan fingerprint density at radius 2 is 2.27 bits per heavy atom. The molecule has 0 amide bonds. The summed E-state index contributed by atoms with van der Waals surface area (Å²) in [5, 5.41) is 0.